The lowest BCUT2D eigenvalue weighted by atomic mass is 9.91. The van der Waals surface area contributed by atoms with E-state index in [1.807, 2.05) is 18.2 Å². The molecule has 5 rings (SSSR count). The maximum Gasteiger partial charge on any atom is 0.339 e. The smallest absolute Gasteiger partial charge is 0.339 e. The van der Waals surface area contributed by atoms with Crippen molar-refractivity contribution in [3.63, 3.8) is 0 Å². The highest BCUT2D eigenvalue weighted by Crippen LogP contribution is 2.43. The van der Waals surface area contributed by atoms with Crippen molar-refractivity contribution in [1.82, 2.24) is 4.90 Å². The van der Waals surface area contributed by atoms with Gasteiger partial charge in [0.1, 0.15) is 17.2 Å². The molecule has 6 heteroatoms. The van der Waals surface area contributed by atoms with E-state index < -0.39 is 5.60 Å². The number of aromatic hydroxyl groups is 1. The van der Waals surface area contributed by atoms with E-state index in [-0.39, 0.29) is 17.6 Å². The number of phenols is 1. The van der Waals surface area contributed by atoms with Gasteiger partial charge in [0.15, 0.2) is 5.60 Å². The maximum absolute atomic E-state index is 13.0. The van der Waals surface area contributed by atoms with Gasteiger partial charge in [-0.2, -0.15) is 0 Å². The Labute approximate surface area is 173 Å². The average Bonchev–Trinajstić information content (AvgIpc) is 3.32. The minimum atomic E-state index is -0.745. The van der Waals surface area contributed by atoms with E-state index >= 15 is 0 Å². The summed E-state index contributed by atoms with van der Waals surface area (Å²) < 4.78 is 11.4. The largest absolute Gasteiger partial charge is 0.508 e. The first-order valence-corrected chi connectivity index (χ1v) is 9.73. The summed E-state index contributed by atoms with van der Waals surface area (Å²) in [6.45, 7) is 0.868. The minimum Gasteiger partial charge on any atom is -0.508 e. The molecule has 1 spiro atoms. The van der Waals surface area contributed by atoms with Crippen LogP contribution < -0.4 is 4.74 Å². The van der Waals surface area contributed by atoms with Crippen LogP contribution in [0.15, 0.2) is 72.8 Å². The number of rotatable bonds is 3. The predicted octanol–water partition coefficient (Wildman–Crippen LogP) is 4.10. The van der Waals surface area contributed by atoms with Gasteiger partial charge in [-0.25, -0.2) is 4.79 Å². The summed E-state index contributed by atoms with van der Waals surface area (Å²) in [4.78, 5) is 27.0. The summed E-state index contributed by atoms with van der Waals surface area (Å²) in [5, 5.41) is 9.34. The Morgan fingerprint density at radius 3 is 2.37 bits per heavy atom. The Morgan fingerprint density at radius 2 is 1.63 bits per heavy atom. The monoisotopic (exact) mass is 401 g/mol. The fourth-order valence-corrected chi connectivity index (χ4v) is 4.10. The molecule has 0 bridgehead atoms. The maximum atomic E-state index is 13.0. The minimum absolute atomic E-state index is 0.108. The van der Waals surface area contributed by atoms with Crippen LogP contribution in [0.1, 0.15) is 32.7 Å². The molecule has 0 aliphatic carbocycles. The number of esters is 1. The summed E-state index contributed by atoms with van der Waals surface area (Å²) >= 11 is 0. The lowest BCUT2D eigenvalue weighted by molar-refractivity contribution is -0.00306. The molecule has 1 saturated heterocycles. The number of hydrogen-bond donors (Lipinski definition) is 1. The van der Waals surface area contributed by atoms with E-state index in [9.17, 15) is 14.7 Å². The van der Waals surface area contributed by atoms with Crippen molar-refractivity contribution in [3.05, 3.63) is 89.5 Å². The van der Waals surface area contributed by atoms with E-state index in [2.05, 4.69) is 0 Å². The molecule has 150 valence electrons. The van der Waals surface area contributed by atoms with E-state index in [4.69, 9.17) is 9.47 Å². The van der Waals surface area contributed by atoms with Gasteiger partial charge in [-0.3, -0.25) is 4.79 Å². The number of amides is 1. The van der Waals surface area contributed by atoms with Gasteiger partial charge in [0, 0.05) is 24.1 Å². The molecular formula is C24H19NO5. The van der Waals surface area contributed by atoms with Gasteiger partial charge in [-0.15, -0.1) is 0 Å². The van der Waals surface area contributed by atoms with Crippen molar-refractivity contribution in [1.29, 1.82) is 0 Å². The zero-order valence-electron chi connectivity index (χ0n) is 16.1. The number of carbonyl (C=O) groups excluding carboxylic acids is 2. The van der Waals surface area contributed by atoms with Gasteiger partial charge in [0.2, 0.25) is 0 Å². The summed E-state index contributed by atoms with van der Waals surface area (Å²) in [6, 6.07) is 20.7. The summed E-state index contributed by atoms with van der Waals surface area (Å²) in [7, 11) is 0. The van der Waals surface area contributed by atoms with E-state index in [1.165, 1.54) is 0 Å². The zero-order valence-corrected chi connectivity index (χ0v) is 16.1. The number of fused-ring (bicyclic) bond motifs is 2. The van der Waals surface area contributed by atoms with Crippen LogP contribution in [-0.4, -0.2) is 35.0 Å². The molecule has 0 radical (unpaired) electrons. The Hall–Kier alpha value is -3.80. The SMILES string of the molecule is O=C1O[C@]2(CCN(C(=O)c3ccc(Oc4ccc(O)cc4)cc3)C2)c2ccccc21. The molecule has 1 N–H and O–H groups in total. The Kier molecular flexibility index (Phi) is 4.20. The number of nitrogens with zero attached hydrogens (tertiary/aromatic N) is 1. The highest BCUT2D eigenvalue weighted by molar-refractivity contribution is 5.96. The molecule has 30 heavy (non-hydrogen) atoms. The van der Waals surface area contributed by atoms with Gasteiger partial charge in [0.25, 0.3) is 5.91 Å². The van der Waals surface area contributed by atoms with E-state index in [1.54, 1.807) is 59.5 Å². The van der Waals surface area contributed by atoms with Crippen LogP contribution in [0.25, 0.3) is 0 Å². The van der Waals surface area contributed by atoms with Gasteiger partial charge in [-0.05, 0) is 54.6 Å². The molecule has 0 saturated carbocycles. The van der Waals surface area contributed by atoms with Gasteiger partial charge in [0.05, 0.1) is 12.1 Å². The molecule has 2 aliphatic rings. The van der Waals surface area contributed by atoms with Crippen LogP contribution in [0.2, 0.25) is 0 Å². The van der Waals surface area contributed by atoms with Crippen molar-refractivity contribution >= 4 is 11.9 Å². The molecule has 1 fully saturated rings. The Balaban J connectivity index is 1.30. The summed E-state index contributed by atoms with van der Waals surface area (Å²) in [5.41, 5.74) is 1.25. The normalized spacial score (nSPS) is 19.6. The van der Waals surface area contributed by atoms with Crippen molar-refractivity contribution < 1.29 is 24.2 Å². The number of phenolic OH excluding ortho intramolecular Hbond substituents is 1. The average molecular weight is 401 g/mol. The molecular weight excluding hydrogens is 382 g/mol. The standard InChI is InChI=1S/C24H19NO5/c26-17-7-11-19(12-8-17)29-18-9-5-16(6-10-18)22(27)25-14-13-24(15-25)21-4-2-1-3-20(21)23(28)30-24/h1-12,26H,13-15H2/t24-/m0/s1. The van der Waals surface area contributed by atoms with Crippen LogP contribution in [0.4, 0.5) is 0 Å². The second-order valence-corrected chi connectivity index (χ2v) is 7.53. The fraction of sp³-hybridized carbons (Fsp3) is 0.167. The van der Waals surface area contributed by atoms with Gasteiger partial charge < -0.3 is 19.5 Å². The highest BCUT2D eigenvalue weighted by Gasteiger charge is 2.50. The predicted molar refractivity (Wildman–Crippen MR) is 109 cm³/mol. The molecule has 2 heterocycles. The number of carbonyl (C=O) groups is 2. The molecule has 6 nitrogen and oxygen atoms in total. The third-order valence-corrected chi connectivity index (χ3v) is 5.62. The van der Waals surface area contributed by atoms with Crippen molar-refractivity contribution in [2.75, 3.05) is 13.1 Å². The number of hydrogen-bond acceptors (Lipinski definition) is 5. The molecule has 1 atom stereocenters. The summed E-state index contributed by atoms with van der Waals surface area (Å²) in [6.07, 6.45) is 0.587. The first kappa shape index (κ1) is 18.2. The lowest BCUT2D eigenvalue weighted by Crippen LogP contribution is -2.34. The molecule has 3 aromatic carbocycles. The van der Waals surface area contributed by atoms with Crippen LogP contribution in [0, 0.1) is 0 Å². The van der Waals surface area contributed by atoms with Gasteiger partial charge in [-0.1, -0.05) is 18.2 Å². The van der Waals surface area contributed by atoms with Crippen LogP contribution in [0.5, 0.6) is 17.2 Å². The fourth-order valence-electron chi connectivity index (χ4n) is 4.10. The Bertz CT molecular complexity index is 1120. The molecule has 0 unspecified atom stereocenters. The van der Waals surface area contributed by atoms with Crippen molar-refractivity contribution in [2.24, 2.45) is 0 Å². The molecule has 3 aromatic rings. The highest BCUT2D eigenvalue weighted by atomic mass is 16.6. The van der Waals surface area contributed by atoms with Crippen LogP contribution in [0.3, 0.4) is 0 Å². The second kappa shape index (κ2) is 6.91. The quantitative estimate of drug-likeness (QED) is 0.669. The van der Waals surface area contributed by atoms with Gasteiger partial charge >= 0.3 is 5.97 Å². The molecule has 1 amide bonds. The first-order valence-electron chi connectivity index (χ1n) is 9.73. The third-order valence-electron chi connectivity index (χ3n) is 5.62. The van der Waals surface area contributed by atoms with E-state index in [0.29, 0.717) is 42.1 Å². The van der Waals surface area contributed by atoms with Crippen LogP contribution in [-0.2, 0) is 10.3 Å². The van der Waals surface area contributed by atoms with Crippen molar-refractivity contribution in [3.8, 4) is 17.2 Å². The van der Waals surface area contributed by atoms with Crippen LogP contribution >= 0.6 is 0 Å². The second-order valence-electron chi connectivity index (χ2n) is 7.53. The number of benzene rings is 3. The lowest BCUT2D eigenvalue weighted by Gasteiger charge is -2.24. The summed E-state index contributed by atoms with van der Waals surface area (Å²) in [5.74, 6) is 0.922. The first-order chi connectivity index (χ1) is 14.5. The third kappa shape index (κ3) is 3.06. The molecule has 2 aliphatic heterocycles. The van der Waals surface area contributed by atoms with Crippen molar-refractivity contribution in [2.45, 2.75) is 12.0 Å². The molecule has 0 aromatic heterocycles. The topological polar surface area (TPSA) is 76.1 Å². The number of ether oxygens (including phenoxy) is 2. The number of likely N-dealkylation sites (tertiary alicyclic amines) is 1. The Morgan fingerprint density at radius 1 is 0.967 bits per heavy atom. The van der Waals surface area contributed by atoms with E-state index in [0.717, 1.165) is 5.56 Å². The zero-order chi connectivity index (χ0) is 20.7.